The van der Waals surface area contributed by atoms with Crippen LogP contribution in [0, 0.1) is 0 Å². The first-order valence-corrected chi connectivity index (χ1v) is 11.8. The quantitative estimate of drug-likeness (QED) is 0.602. The van der Waals surface area contributed by atoms with Crippen LogP contribution < -0.4 is 5.32 Å². The van der Waals surface area contributed by atoms with Crippen LogP contribution in [0.5, 0.6) is 0 Å². The van der Waals surface area contributed by atoms with Gasteiger partial charge in [-0.3, -0.25) is 10.1 Å². The number of sulfone groups is 1. The van der Waals surface area contributed by atoms with Gasteiger partial charge in [-0.2, -0.15) is 0 Å². The van der Waals surface area contributed by atoms with Crippen LogP contribution >= 0.6 is 11.3 Å². The molecule has 0 aliphatic carbocycles. The van der Waals surface area contributed by atoms with E-state index in [1.807, 2.05) is 17.5 Å². The summed E-state index contributed by atoms with van der Waals surface area (Å²) in [6.45, 7) is 2.17. The van der Waals surface area contributed by atoms with Crippen LogP contribution in [0.15, 0.2) is 58.8 Å². The SMILES string of the molecule is CCCCc1ccc(-c2csc(NC(=O)c3ccccc3S(C)(=O)=O)n2)cc1. The molecule has 0 fully saturated rings. The van der Waals surface area contributed by atoms with E-state index in [9.17, 15) is 13.2 Å². The second-order valence-electron chi connectivity index (χ2n) is 6.56. The summed E-state index contributed by atoms with van der Waals surface area (Å²) in [5.41, 5.74) is 3.17. The number of aryl methyl sites for hydroxylation is 1. The highest BCUT2D eigenvalue weighted by Crippen LogP contribution is 2.26. The molecule has 5 nitrogen and oxygen atoms in total. The van der Waals surface area contributed by atoms with Gasteiger partial charge in [-0.15, -0.1) is 11.3 Å². The Morgan fingerprint density at radius 3 is 2.50 bits per heavy atom. The molecule has 0 bridgehead atoms. The number of unbranched alkanes of at least 4 members (excludes halogenated alkanes) is 1. The molecule has 28 heavy (non-hydrogen) atoms. The molecule has 146 valence electrons. The maximum absolute atomic E-state index is 12.6. The molecule has 0 unspecified atom stereocenters. The number of thiazole rings is 1. The highest BCUT2D eigenvalue weighted by Gasteiger charge is 2.19. The van der Waals surface area contributed by atoms with Crippen LogP contribution in [-0.4, -0.2) is 25.6 Å². The first kappa shape index (κ1) is 20.2. The predicted molar refractivity (Wildman–Crippen MR) is 114 cm³/mol. The average Bonchev–Trinajstić information content (AvgIpc) is 3.14. The Morgan fingerprint density at radius 2 is 1.82 bits per heavy atom. The molecule has 0 aliphatic heterocycles. The zero-order valence-electron chi connectivity index (χ0n) is 15.8. The standard InChI is InChI=1S/C21H22N2O3S2/c1-3-4-7-15-10-12-16(13-11-15)18-14-27-21(22-18)23-20(24)17-8-5-6-9-19(17)28(2,25)26/h5-6,8-14H,3-4,7H2,1-2H3,(H,22,23,24). The van der Waals surface area contributed by atoms with E-state index < -0.39 is 15.7 Å². The minimum absolute atomic E-state index is 0.00643. The molecular weight excluding hydrogens is 392 g/mol. The van der Waals surface area contributed by atoms with Crippen LogP contribution in [0.3, 0.4) is 0 Å². The number of nitrogens with one attached hydrogen (secondary N) is 1. The van der Waals surface area contributed by atoms with Gasteiger partial charge in [0.25, 0.3) is 5.91 Å². The fourth-order valence-corrected chi connectivity index (χ4v) is 4.43. The number of hydrogen-bond acceptors (Lipinski definition) is 5. The topological polar surface area (TPSA) is 76.1 Å². The van der Waals surface area contributed by atoms with Crippen molar-refractivity contribution in [2.45, 2.75) is 31.1 Å². The minimum atomic E-state index is -3.50. The van der Waals surface area contributed by atoms with Crippen molar-refractivity contribution in [1.29, 1.82) is 0 Å². The summed E-state index contributed by atoms with van der Waals surface area (Å²) in [4.78, 5) is 17.0. The van der Waals surface area contributed by atoms with Gasteiger partial charge in [-0.05, 0) is 30.5 Å². The fourth-order valence-electron chi connectivity index (χ4n) is 2.83. The van der Waals surface area contributed by atoms with Crippen molar-refractivity contribution in [2.75, 3.05) is 11.6 Å². The van der Waals surface area contributed by atoms with Gasteiger partial charge in [0.2, 0.25) is 0 Å². The molecule has 1 heterocycles. The lowest BCUT2D eigenvalue weighted by atomic mass is 10.1. The normalized spacial score (nSPS) is 11.4. The first-order valence-electron chi connectivity index (χ1n) is 9.03. The molecule has 0 saturated heterocycles. The Morgan fingerprint density at radius 1 is 1.11 bits per heavy atom. The third-order valence-electron chi connectivity index (χ3n) is 4.32. The Labute approximate surface area is 169 Å². The molecule has 1 aromatic heterocycles. The van der Waals surface area contributed by atoms with Crippen molar-refractivity contribution in [3.8, 4) is 11.3 Å². The third-order valence-corrected chi connectivity index (χ3v) is 6.24. The average molecular weight is 415 g/mol. The highest BCUT2D eigenvalue weighted by molar-refractivity contribution is 7.90. The number of aromatic nitrogens is 1. The van der Waals surface area contributed by atoms with E-state index in [1.54, 1.807) is 12.1 Å². The molecule has 1 N–H and O–H groups in total. The molecule has 0 spiro atoms. The largest absolute Gasteiger partial charge is 0.298 e. The van der Waals surface area contributed by atoms with E-state index in [2.05, 4.69) is 29.4 Å². The summed E-state index contributed by atoms with van der Waals surface area (Å²) < 4.78 is 23.8. The zero-order chi connectivity index (χ0) is 20.1. The molecule has 0 atom stereocenters. The summed E-state index contributed by atoms with van der Waals surface area (Å²) in [6.07, 6.45) is 4.49. The fraction of sp³-hybridized carbons (Fsp3) is 0.238. The lowest BCUT2D eigenvalue weighted by Gasteiger charge is -2.07. The third kappa shape index (κ3) is 4.85. The summed E-state index contributed by atoms with van der Waals surface area (Å²) >= 11 is 1.31. The lowest BCUT2D eigenvalue weighted by Crippen LogP contribution is -2.15. The van der Waals surface area contributed by atoms with Crippen molar-refractivity contribution >= 4 is 32.2 Å². The van der Waals surface area contributed by atoms with Crippen molar-refractivity contribution < 1.29 is 13.2 Å². The predicted octanol–water partition coefficient (Wildman–Crippen LogP) is 4.81. The number of hydrogen-bond donors (Lipinski definition) is 1. The molecule has 7 heteroatoms. The monoisotopic (exact) mass is 414 g/mol. The molecular formula is C21H22N2O3S2. The van der Waals surface area contributed by atoms with Crippen molar-refractivity contribution in [1.82, 2.24) is 4.98 Å². The van der Waals surface area contributed by atoms with Gasteiger partial charge in [0.05, 0.1) is 16.2 Å². The maximum atomic E-state index is 12.6. The Hall–Kier alpha value is -2.51. The molecule has 0 radical (unpaired) electrons. The van der Waals surface area contributed by atoms with E-state index in [0.717, 1.165) is 23.9 Å². The van der Waals surface area contributed by atoms with Gasteiger partial charge >= 0.3 is 0 Å². The van der Waals surface area contributed by atoms with E-state index in [4.69, 9.17) is 0 Å². The molecule has 0 aliphatic rings. The second-order valence-corrected chi connectivity index (χ2v) is 9.40. The highest BCUT2D eigenvalue weighted by atomic mass is 32.2. The van der Waals surface area contributed by atoms with Gasteiger partial charge in [0.1, 0.15) is 0 Å². The van der Waals surface area contributed by atoms with Gasteiger partial charge in [-0.25, -0.2) is 13.4 Å². The van der Waals surface area contributed by atoms with Crippen LogP contribution in [0.25, 0.3) is 11.3 Å². The number of anilines is 1. The van der Waals surface area contributed by atoms with Crippen molar-refractivity contribution in [3.63, 3.8) is 0 Å². The van der Waals surface area contributed by atoms with Crippen LogP contribution in [0.2, 0.25) is 0 Å². The molecule has 3 aromatic rings. The summed E-state index contributed by atoms with van der Waals surface area (Å²) in [6, 6.07) is 14.4. The van der Waals surface area contributed by atoms with E-state index >= 15 is 0 Å². The lowest BCUT2D eigenvalue weighted by molar-refractivity contribution is 0.102. The van der Waals surface area contributed by atoms with E-state index in [0.29, 0.717) is 5.13 Å². The Bertz CT molecular complexity index is 1070. The number of carbonyl (C=O) groups excluding carboxylic acids is 1. The second kappa shape index (κ2) is 8.67. The number of carbonyl (C=O) groups is 1. The molecule has 0 saturated carbocycles. The number of amides is 1. The minimum Gasteiger partial charge on any atom is -0.298 e. The van der Waals surface area contributed by atoms with Crippen LogP contribution in [-0.2, 0) is 16.3 Å². The van der Waals surface area contributed by atoms with Gasteiger partial charge in [0.15, 0.2) is 15.0 Å². The Kier molecular flexibility index (Phi) is 6.26. The van der Waals surface area contributed by atoms with Crippen molar-refractivity contribution in [2.24, 2.45) is 0 Å². The first-order chi connectivity index (χ1) is 13.4. The Balaban J connectivity index is 1.76. The smallest absolute Gasteiger partial charge is 0.258 e. The zero-order valence-corrected chi connectivity index (χ0v) is 17.4. The van der Waals surface area contributed by atoms with Crippen LogP contribution in [0.1, 0.15) is 35.7 Å². The van der Waals surface area contributed by atoms with E-state index in [1.165, 1.54) is 41.9 Å². The summed E-state index contributed by atoms with van der Waals surface area (Å²) in [5, 5.41) is 5.01. The van der Waals surface area contributed by atoms with Gasteiger partial charge < -0.3 is 0 Å². The molecule has 2 aromatic carbocycles. The summed E-state index contributed by atoms with van der Waals surface area (Å²) in [7, 11) is -3.50. The number of nitrogens with zero attached hydrogens (tertiary/aromatic N) is 1. The van der Waals surface area contributed by atoms with E-state index in [-0.39, 0.29) is 10.5 Å². The van der Waals surface area contributed by atoms with Crippen molar-refractivity contribution in [3.05, 3.63) is 65.0 Å². The van der Waals surface area contributed by atoms with Gasteiger partial charge in [0, 0.05) is 17.2 Å². The van der Waals surface area contributed by atoms with Crippen LogP contribution in [0.4, 0.5) is 5.13 Å². The maximum Gasteiger partial charge on any atom is 0.258 e. The summed E-state index contributed by atoms with van der Waals surface area (Å²) in [5.74, 6) is -0.489. The van der Waals surface area contributed by atoms with Gasteiger partial charge in [-0.1, -0.05) is 49.7 Å². The number of benzene rings is 2. The molecule has 3 rings (SSSR count). The molecule has 1 amide bonds. The number of rotatable bonds is 7.